The predicted molar refractivity (Wildman–Crippen MR) is 129 cm³/mol. The highest BCUT2D eigenvalue weighted by atomic mass is 32.2. The number of hydrogen-bond acceptors (Lipinski definition) is 6. The molecule has 9 nitrogen and oxygen atoms in total. The van der Waals surface area contributed by atoms with Gasteiger partial charge >= 0.3 is 0 Å². The number of piperidine rings is 1. The van der Waals surface area contributed by atoms with Crippen molar-refractivity contribution >= 4 is 21.7 Å². The van der Waals surface area contributed by atoms with E-state index in [4.69, 9.17) is 0 Å². The van der Waals surface area contributed by atoms with E-state index in [1.807, 2.05) is 26.8 Å². The van der Waals surface area contributed by atoms with Crippen LogP contribution in [-0.4, -0.2) is 51.5 Å². The van der Waals surface area contributed by atoms with Crippen LogP contribution < -0.4 is 5.32 Å². The molecule has 1 aliphatic rings. The van der Waals surface area contributed by atoms with Gasteiger partial charge in [-0.1, -0.05) is 13.8 Å². The van der Waals surface area contributed by atoms with E-state index < -0.39 is 10.0 Å². The van der Waals surface area contributed by atoms with Crippen LogP contribution in [0.15, 0.2) is 41.3 Å². The van der Waals surface area contributed by atoms with Crippen LogP contribution in [0.25, 0.3) is 5.95 Å². The molecule has 0 bridgehead atoms. The Balaban J connectivity index is 1.54. The van der Waals surface area contributed by atoms with Crippen molar-refractivity contribution in [3.05, 3.63) is 59.0 Å². The number of aryl methyl sites for hydroxylation is 3. The minimum Gasteiger partial charge on any atom is -0.306 e. The second-order valence-electron chi connectivity index (χ2n) is 9.28. The molecular weight excluding hydrogens is 452 g/mol. The zero-order chi connectivity index (χ0) is 24.6. The number of rotatable bonds is 5. The average Bonchev–Trinajstić information content (AvgIpc) is 3.12. The lowest BCUT2D eigenvalue weighted by Gasteiger charge is -2.34. The lowest BCUT2D eigenvalue weighted by Crippen LogP contribution is -2.42. The zero-order valence-electron chi connectivity index (χ0n) is 20.1. The molecule has 1 fully saturated rings. The Kier molecular flexibility index (Phi) is 6.55. The third-order valence-corrected chi connectivity index (χ3v) is 7.67. The van der Waals surface area contributed by atoms with Gasteiger partial charge in [-0.15, -0.1) is 0 Å². The van der Waals surface area contributed by atoms with Gasteiger partial charge in [-0.2, -0.15) is 14.1 Å². The molecule has 3 heterocycles. The maximum atomic E-state index is 13.1. The van der Waals surface area contributed by atoms with Gasteiger partial charge in [0.15, 0.2) is 0 Å². The molecule has 1 aliphatic heterocycles. The molecule has 1 amide bonds. The molecule has 180 valence electrons. The fourth-order valence-electron chi connectivity index (χ4n) is 4.46. The van der Waals surface area contributed by atoms with Gasteiger partial charge in [0.25, 0.3) is 11.9 Å². The van der Waals surface area contributed by atoms with Gasteiger partial charge in [0.2, 0.25) is 10.0 Å². The Morgan fingerprint density at radius 3 is 2.12 bits per heavy atom. The third kappa shape index (κ3) is 5.02. The second kappa shape index (κ2) is 9.27. The minimum absolute atomic E-state index is 0.190. The van der Waals surface area contributed by atoms with E-state index in [0.717, 1.165) is 17.8 Å². The summed E-state index contributed by atoms with van der Waals surface area (Å²) < 4.78 is 29.3. The Bertz CT molecular complexity index is 1290. The molecular formula is C24H30N6O3S. The standard InChI is InChI=1S/C24H30N6O3S/c1-15-10-16(2)14-29(13-15)34(32,33)21-8-6-20(7-9-21)23(31)27-22-12-19(5)28-30(22)24-25-17(3)11-18(4)26-24/h6-9,11-12,15-16H,10,13-14H2,1-5H3,(H,27,31). The van der Waals surface area contributed by atoms with E-state index in [9.17, 15) is 13.2 Å². The van der Waals surface area contributed by atoms with Crippen molar-refractivity contribution in [2.45, 2.75) is 45.9 Å². The molecule has 0 radical (unpaired) electrons. The van der Waals surface area contributed by atoms with Crippen LogP contribution in [0.2, 0.25) is 0 Å². The van der Waals surface area contributed by atoms with E-state index in [1.165, 1.54) is 28.9 Å². The molecule has 1 aromatic carbocycles. The predicted octanol–water partition coefficient (Wildman–Crippen LogP) is 3.51. The maximum Gasteiger partial charge on any atom is 0.256 e. The summed E-state index contributed by atoms with van der Waals surface area (Å²) in [5.74, 6) is 1.05. The van der Waals surface area contributed by atoms with Crippen LogP contribution in [0, 0.1) is 32.6 Å². The topological polar surface area (TPSA) is 110 Å². The van der Waals surface area contributed by atoms with Crippen LogP contribution in [0.4, 0.5) is 5.82 Å². The van der Waals surface area contributed by atoms with E-state index in [1.54, 1.807) is 10.4 Å². The van der Waals surface area contributed by atoms with Gasteiger partial charge in [-0.25, -0.2) is 18.4 Å². The summed E-state index contributed by atoms with van der Waals surface area (Å²) in [5.41, 5.74) is 2.63. The first kappa shape index (κ1) is 24.0. The van der Waals surface area contributed by atoms with Gasteiger partial charge < -0.3 is 5.32 Å². The number of carbonyl (C=O) groups excluding carboxylic acids is 1. The number of nitrogens with zero attached hydrogens (tertiary/aromatic N) is 5. The summed E-state index contributed by atoms with van der Waals surface area (Å²) in [7, 11) is -3.61. The van der Waals surface area contributed by atoms with Crippen molar-refractivity contribution in [3.8, 4) is 5.95 Å². The van der Waals surface area contributed by atoms with Gasteiger partial charge in [0, 0.05) is 36.1 Å². The highest BCUT2D eigenvalue weighted by Crippen LogP contribution is 2.27. The highest BCUT2D eigenvalue weighted by Gasteiger charge is 2.31. The zero-order valence-corrected chi connectivity index (χ0v) is 20.9. The lowest BCUT2D eigenvalue weighted by molar-refractivity contribution is 0.102. The van der Waals surface area contributed by atoms with E-state index in [2.05, 4.69) is 34.2 Å². The van der Waals surface area contributed by atoms with Crippen LogP contribution in [0.3, 0.4) is 0 Å². The number of carbonyl (C=O) groups is 1. The monoisotopic (exact) mass is 482 g/mol. The summed E-state index contributed by atoms with van der Waals surface area (Å²) in [6.45, 7) is 10.7. The number of hydrogen-bond donors (Lipinski definition) is 1. The molecule has 2 unspecified atom stereocenters. The van der Waals surface area contributed by atoms with E-state index in [-0.39, 0.29) is 10.8 Å². The quantitative estimate of drug-likeness (QED) is 0.596. The third-order valence-electron chi connectivity index (χ3n) is 5.82. The van der Waals surface area contributed by atoms with Crippen molar-refractivity contribution in [1.82, 2.24) is 24.1 Å². The average molecular weight is 483 g/mol. The maximum absolute atomic E-state index is 13.1. The Hall–Kier alpha value is -3.11. The molecule has 34 heavy (non-hydrogen) atoms. The fourth-order valence-corrected chi connectivity index (χ4v) is 6.14. The Labute approximate surface area is 200 Å². The van der Waals surface area contributed by atoms with Crippen LogP contribution >= 0.6 is 0 Å². The summed E-state index contributed by atoms with van der Waals surface area (Å²) >= 11 is 0. The largest absolute Gasteiger partial charge is 0.306 e. The number of sulfonamides is 1. The first-order valence-corrected chi connectivity index (χ1v) is 12.8. The summed E-state index contributed by atoms with van der Waals surface area (Å²) in [4.78, 5) is 22.0. The molecule has 10 heteroatoms. The summed E-state index contributed by atoms with van der Waals surface area (Å²) in [6, 6.07) is 9.63. The number of anilines is 1. The number of amides is 1. The summed E-state index contributed by atoms with van der Waals surface area (Å²) in [5, 5.41) is 7.25. The van der Waals surface area contributed by atoms with Crippen molar-refractivity contribution in [3.63, 3.8) is 0 Å². The van der Waals surface area contributed by atoms with Crippen molar-refractivity contribution in [2.75, 3.05) is 18.4 Å². The Morgan fingerprint density at radius 1 is 0.941 bits per heavy atom. The van der Waals surface area contributed by atoms with Gasteiger partial charge in [-0.3, -0.25) is 4.79 Å². The molecule has 1 N–H and O–H groups in total. The minimum atomic E-state index is -3.61. The number of aromatic nitrogens is 4. The Morgan fingerprint density at radius 2 is 1.53 bits per heavy atom. The van der Waals surface area contributed by atoms with Gasteiger partial charge in [0.1, 0.15) is 5.82 Å². The molecule has 2 atom stereocenters. The van der Waals surface area contributed by atoms with Crippen LogP contribution in [0.5, 0.6) is 0 Å². The highest BCUT2D eigenvalue weighted by molar-refractivity contribution is 7.89. The normalized spacial score (nSPS) is 19.2. The molecule has 3 aromatic rings. The molecule has 0 saturated carbocycles. The molecule has 4 rings (SSSR count). The first-order chi connectivity index (χ1) is 16.0. The fraction of sp³-hybridized carbons (Fsp3) is 0.417. The molecule has 1 saturated heterocycles. The second-order valence-corrected chi connectivity index (χ2v) is 11.2. The van der Waals surface area contributed by atoms with E-state index >= 15 is 0 Å². The van der Waals surface area contributed by atoms with Crippen LogP contribution in [0.1, 0.15) is 47.7 Å². The van der Waals surface area contributed by atoms with Gasteiger partial charge in [-0.05, 0) is 69.4 Å². The lowest BCUT2D eigenvalue weighted by atomic mass is 9.94. The van der Waals surface area contributed by atoms with Crippen molar-refractivity contribution in [1.29, 1.82) is 0 Å². The van der Waals surface area contributed by atoms with Crippen LogP contribution in [-0.2, 0) is 10.0 Å². The number of nitrogens with one attached hydrogen (secondary N) is 1. The molecule has 2 aromatic heterocycles. The van der Waals surface area contributed by atoms with Crippen molar-refractivity contribution < 1.29 is 13.2 Å². The number of benzene rings is 1. The van der Waals surface area contributed by atoms with E-state index in [0.29, 0.717) is 47.9 Å². The van der Waals surface area contributed by atoms with Gasteiger partial charge in [0.05, 0.1) is 10.6 Å². The molecule has 0 spiro atoms. The first-order valence-electron chi connectivity index (χ1n) is 11.3. The van der Waals surface area contributed by atoms with Crippen molar-refractivity contribution in [2.24, 2.45) is 11.8 Å². The molecule has 0 aliphatic carbocycles. The summed E-state index contributed by atoms with van der Waals surface area (Å²) in [6.07, 6.45) is 1.02. The smallest absolute Gasteiger partial charge is 0.256 e. The SMILES string of the molecule is Cc1cc(C)nc(-n2nc(C)cc2NC(=O)c2ccc(S(=O)(=O)N3CC(C)CC(C)C3)cc2)n1.